The van der Waals surface area contributed by atoms with E-state index in [1.807, 2.05) is 0 Å². The minimum Gasteiger partial charge on any atom is -0.388 e. The van der Waals surface area contributed by atoms with Crippen LogP contribution in [-0.2, 0) is 9.47 Å². The molecule has 0 aromatic heterocycles. The number of hydrogen-bond donors (Lipinski definition) is 2. The molecule has 1 saturated heterocycles. The van der Waals surface area contributed by atoms with Gasteiger partial charge in [-0.15, -0.1) is 0 Å². The van der Waals surface area contributed by atoms with Crippen molar-refractivity contribution in [2.45, 2.75) is 38.4 Å². The van der Waals surface area contributed by atoms with Crippen LogP contribution >= 0.6 is 0 Å². The Kier molecular flexibility index (Phi) is 3.06. The number of aliphatic hydroxyl groups is 2. The predicted molar refractivity (Wildman–Crippen MR) is 42.5 cm³/mol. The van der Waals surface area contributed by atoms with Gasteiger partial charge >= 0.3 is 0 Å². The molecule has 1 rings (SSSR count). The first-order chi connectivity index (χ1) is 5.57. The number of methoxy groups -OCH3 is 1. The second kappa shape index (κ2) is 3.70. The van der Waals surface area contributed by atoms with Crippen LogP contribution in [0.5, 0.6) is 0 Å². The minimum atomic E-state index is -0.839. The molecule has 4 nitrogen and oxygen atoms in total. The van der Waals surface area contributed by atoms with Gasteiger partial charge < -0.3 is 19.7 Å². The molecule has 12 heavy (non-hydrogen) atoms. The van der Waals surface area contributed by atoms with E-state index in [0.29, 0.717) is 0 Å². The fourth-order valence-corrected chi connectivity index (χ4v) is 1.52. The lowest BCUT2D eigenvalue weighted by atomic mass is 9.93. The minimum absolute atomic E-state index is 0.193. The van der Waals surface area contributed by atoms with Crippen molar-refractivity contribution in [2.75, 3.05) is 7.11 Å². The zero-order valence-corrected chi connectivity index (χ0v) is 7.60. The normalized spacial score (nSPS) is 49.2. The zero-order valence-electron chi connectivity index (χ0n) is 7.60. The molecule has 0 amide bonds. The van der Waals surface area contributed by atoms with E-state index in [-0.39, 0.29) is 18.1 Å². The molecular weight excluding hydrogens is 160 g/mol. The topological polar surface area (TPSA) is 58.9 Å². The summed E-state index contributed by atoms with van der Waals surface area (Å²) in [7, 11) is 1.52. The fourth-order valence-electron chi connectivity index (χ4n) is 1.52. The number of aliphatic hydroxyl groups excluding tert-OH is 2. The molecule has 0 bridgehead atoms. The first-order valence-corrected chi connectivity index (χ1v) is 4.12. The summed E-state index contributed by atoms with van der Waals surface area (Å²) in [6.07, 6.45) is -2.22. The molecule has 2 N–H and O–H groups in total. The summed E-state index contributed by atoms with van der Waals surface area (Å²) in [5, 5.41) is 18.9. The third kappa shape index (κ3) is 1.61. The number of rotatable bonds is 1. The van der Waals surface area contributed by atoms with Gasteiger partial charge in [0.25, 0.3) is 0 Å². The lowest BCUT2D eigenvalue weighted by Crippen LogP contribution is -2.53. The van der Waals surface area contributed by atoms with Crippen LogP contribution in [-0.4, -0.2) is 41.9 Å². The molecule has 0 aromatic carbocycles. The summed E-state index contributed by atoms with van der Waals surface area (Å²) in [5.74, 6) is -0.193. The van der Waals surface area contributed by atoms with E-state index in [9.17, 15) is 10.2 Å². The van der Waals surface area contributed by atoms with Crippen molar-refractivity contribution >= 4 is 0 Å². The Morgan fingerprint density at radius 1 is 1.25 bits per heavy atom. The Hall–Kier alpha value is -0.160. The fraction of sp³-hybridized carbons (Fsp3) is 1.00. The highest BCUT2D eigenvalue weighted by molar-refractivity contribution is 4.85. The molecule has 4 heteroatoms. The summed E-state index contributed by atoms with van der Waals surface area (Å²) in [6.45, 7) is 3.50. The largest absolute Gasteiger partial charge is 0.388 e. The molecule has 1 heterocycles. The third-order valence-electron chi connectivity index (χ3n) is 2.41. The van der Waals surface area contributed by atoms with Crippen LogP contribution in [0.25, 0.3) is 0 Å². The van der Waals surface area contributed by atoms with Gasteiger partial charge in [0.1, 0.15) is 6.10 Å². The van der Waals surface area contributed by atoms with E-state index in [2.05, 4.69) is 0 Å². The Morgan fingerprint density at radius 3 is 2.33 bits per heavy atom. The van der Waals surface area contributed by atoms with E-state index in [4.69, 9.17) is 9.47 Å². The monoisotopic (exact) mass is 176 g/mol. The molecular formula is C8H16O4. The highest BCUT2D eigenvalue weighted by atomic mass is 16.6. The van der Waals surface area contributed by atoms with Crippen molar-refractivity contribution in [3.8, 4) is 0 Å². The van der Waals surface area contributed by atoms with Gasteiger partial charge in [0, 0.05) is 13.0 Å². The SMILES string of the molecule is COC1C(O)C(C)OC(O)[C@@H]1C. The number of ether oxygens (including phenoxy) is 2. The van der Waals surface area contributed by atoms with Crippen molar-refractivity contribution in [3.05, 3.63) is 0 Å². The molecule has 5 atom stereocenters. The van der Waals surface area contributed by atoms with Gasteiger partial charge in [0.05, 0.1) is 12.2 Å². The average molecular weight is 176 g/mol. The van der Waals surface area contributed by atoms with Crippen molar-refractivity contribution in [3.63, 3.8) is 0 Å². The van der Waals surface area contributed by atoms with Crippen LogP contribution in [0.15, 0.2) is 0 Å². The molecule has 0 spiro atoms. The summed E-state index contributed by atoms with van der Waals surface area (Å²) < 4.78 is 10.1. The summed E-state index contributed by atoms with van der Waals surface area (Å²) in [5.41, 5.74) is 0. The second-order valence-electron chi connectivity index (χ2n) is 3.28. The summed E-state index contributed by atoms with van der Waals surface area (Å²) in [6, 6.07) is 0. The van der Waals surface area contributed by atoms with E-state index < -0.39 is 12.4 Å². The van der Waals surface area contributed by atoms with Crippen LogP contribution in [0.4, 0.5) is 0 Å². The van der Waals surface area contributed by atoms with E-state index in [0.717, 1.165) is 0 Å². The molecule has 0 saturated carbocycles. The molecule has 1 aliphatic heterocycles. The van der Waals surface area contributed by atoms with Crippen molar-refractivity contribution in [1.82, 2.24) is 0 Å². The van der Waals surface area contributed by atoms with Gasteiger partial charge in [-0.1, -0.05) is 6.92 Å². The van der Waals surface area contributed by atoms with Gasteiger partial charge in [0.2, 0.25) is 0 Å². The molecule has 0 aliphatic carbocycles. The highest BCUT2D eigenvalue weighted by Crippen LogP contribution is 2.25. The maximum Gasteiger partial charge on any atom is 0.160 e. The molecule has 0 radical (unpaired) electrons. The molecule has 1 fully saturated rings. The van der Waals surface area contributed by atoms with E-state index in [1.165, 1.54) is 7.11 Å². The Bertz CT molecular complexity index is 136. The van der Waals surface area contributed by atoms with Gasteiger partial charge in [-0.2, -0.15) is 0 Å². The highest BCUT2D eigenvalue weighted by Gasteiger charge is 2.40. The second-order valence-corrected chi connectivity index (χ2v) is 3.28. The molecule has 0 aromatic rings. The number of hydrogen-bond acceptors (Lipinski definition) is 4. The first-order valence-electron chi connectivity index (χ1n) is 4.12. The predicted octanol–water partition coefficient (Wildman–Crippen LogP) is -0.265. The maximum absolute atomic E-state index is 9.56. The molecule has 1 aliphatic rings. The average Bonchev–Trinajstić information content (AvgIpc) is 2.02. The lowest BCUT2D eigenvalue weighted by Gasteiger charge is -2.39. The van der Waals surface area contributed by atoms with Gasteiger partial charge in [-0.05, 0) is 6.92 Å². The standard InChI is InChI=1S/C8H16O4/c1-4-7(11-3)6(9)5(2)12-8(4)10/h4-10H,1-3H3/t4-,5?,6?,7?,8?/m1/s1. The van der Waals surface area contributed by atoms with E-state index >= 15 is 0 Å². The summed E-state index contributed by atoms with van der Waals surface area (Å²) in [4.78, 5) is 0. The summed E-state index contributed by atoms with van der Waals surface area (Å²) >= 11 is 0. The van der Waals surface area contributed by atoms with Crippen LogP contribution in [0.1, 0.15) is 13.8 Å². The van der Waals surface area contributed by atoms with Gasteiger partial charge in [0.15, 0.2) is 6.29 Å². The molecule has 72 valence electrons. The maximum atomic E-state index is 9.56. The molecule has 4 unspecified atom stereocenters. The smallest absolute Gasteiger partial charge is 0.160 e. The Balaban J connectivity index is 2.67. The first kappa shape index (κ1) is 9.92. The van der Waals surface area contributed by atoms with Crippen LogP contribution in [0, 0.1) is 5.92 Å². The van der Waals surface area contributed by atoms with Crippen molar-refractivity contribution in [2.24, 2.45) is 5.92 Å². The van der Waals surface area contributed by atoms with Crippen LogP contribution < -0.4 is 0 Å². The van der Waals surface area contributed by atoms with Gasteiger partial charge in [-0.3, -0.25) is 0 Å². The van der Waals surface area contributed by atoms with Crippen molar-refractivity contribution < 1.29 is 19.7 Å². The van der Waals surface area contributed by atoms with Crippen LogP contribution in [0.2, 0.25) is 0 Å². The zero-order chi connectivity index (χ0) is 9.30. The Morgan fingerprint density at radius 2 is 1.83 bits per heavy atom. The third-order valence-corrected chi connectivity index (χ3v) is 2.41. The lowest BCUT2D eigenvalue weighted by molar-refractivity contribution is -0.260. The van der Waals surface area contributed by atoms with Gasteiger partial charge in [-0.25, -0.2) is 0 Å². The van der Waals surface area contributed by atoms with Crippen molar-refractivity contribution in [1.29, 1.82) is 0 Å². The Labute approximate surface area is 72.1 Å². The van der Waals surface area contributed by atoms with Crippen LogP contribution in [0.3, 0.4) is 0 Å². The quantitative estimate of drug-likeness (QED) is 0.577. The van der Waals surface area contributed by atoms with E-state index in [1.54, 1.807) is 13.8 Å².